The SMILES string of the molecule is CC(C)(C)OC(=O)NC1CCCC1Cc1ccc2ccccc2n1. The van der Waals surface area contributed by atoms with Gasteiger partial charge in [-0.25, -0.2) is 4.79 Å². The van der Waals surface area contributed by atoms with E-state index in [2.05, 4.69) is 23.5 Å². The summed E-state index contributed by atoms with van der Waals surface area (Å²) in [6.45, 7) is 5.66. The Kier molecular flexibility index (Phi) is 4.74. The maximum atomic E-state index is 12.0. The van der Waals surface area contributed by atoms with Crippen LogP contribution in [0.4, 0.5) is 4.79 Å². The quantitative estimate of drug-likeness (QED) is 0.905. The van der Waals surface area contributed by atoms with Gasteiger partial charge in [0.05, 0.1) is 5.52 Å². The molecule has 4 nitrogen and oxygen atoms in total. The van der Waals surface area contributed by atoms with Crippen LogP contribution in [0.25, 0.3) is 10.9 Å². The first kappa shape index (κ1) is 16.7. The van der Waals surface area contributed by atoms with Gasteiger partial charge in [-0.05, 0) is 58.1 Å². The minimum atomic E-state index is -0.460. The molecule has 1 aliphatic carbocycles. The van der Waals surface area contributed by atoms with Crippen molar-refractivity contribution in [1.29, 1.82) is 0 Å². The van der Waals surface area contributed by atoms with Crippen LogP contribution in [0, 0.1) is 5.92 Å². The van der Waals surface area contributed by atoms with Crippen molar-refractivity contribution in [3.05, 3.63) is 42.1 Å². The maximum Gasteiger partial charge on any atom is 0.407 e. The number of pyridine rings is 1. The van der Waals surface area contributed by atoms with Gasteiger partial charge < -0.3 is 10.1 Å². The zero-order valence-electron chi connectivity index (χ0n) is 14.7. The van der Waals surface area contributed by atoms with Crippen molar-refractivity contribution in [2.75, 3.05) is 0 Å². The van der Waals surface area contributed by atoms with E-state index >= 15 is 0 Å². The first-order valence-corrected chi connectivity index (χ1v) is 8.75. The average Bonchev–Trinajstić information content (AvgIpc) is 2.92. The molecular formula is C20H26N2O2. The molecule has 0 bridgehead atoms. The van der Waals surface area contributed by atoms with E-state index in [0.717, 1.165) is 42.3 Å². The van der Waals surface area contributed by atoms with E-state index in [4.69, 9.17) is 9.72 Å². The summed E-state index contributed by atoms with van der Waals surface area (Å²) in [4.78, 5) is 16.8. The van der Waals surface area contributed by atoms with Crippen LogP contribution in [-0.4, -0.2) is 22.7 Å². The van der Waals surface area contributed by atoms with Crippen molar-refractivity contribution in [3.8, 4) is 0 Å². The molecule has 1 aromatic heterocycles. The second-order valence-electron chi connectivity index (χ2n) is 7.64. The molecule has 128 valence electrons. The van der Waals surface area contributed by atoms with E-state index in [1.165, 1.54) is 0 Å². The third kappa shape index (κ3) is 4.25. The molecule has 1 N–H and O–H groups in total. The van der Waals surface area contributed by atoms with Crippen LogP contribution in [-0.2, 0) is 11.2 Å². The molecule has 1 aromatic carbocycles. The summed E-state index contributed by atoms with van der Waals surface area (Å²) in [5.41, 5.74) is 1.67. The second kappa shape index (κ2) is 6.80. The van der Waals surface area contributed by atoms with Crippen LogP contribution in [0.2, 0.25) is 0 Å². The van der Waals surface area contributed by atoms with E-state index in [-0.39, 0.29) is 12.1 Å². The monoisotopic (exact) mass is 326 g/mol. The van der Waals surface area contributed by atoms with Gasteiger partial charge >= 0.3 is 6.09 Å². The Morgan fingerprint density at radius 3 is 2.79 bits per heavy atom. The summed E-state index contributed by atoms with van der Waals surface area (Å²) in [6, 6.07) is 12.6. The predicted molar refractivity (Wildman–Crippen MR) is 95.9 cm³/mol. The van der Waals surface area contributed by atoms with Crippen molar-refractivity contribution in [2.45, 2.75) is 58.1 Å². The Morgan fingerprint density at radius 2 is 2.00 bits per heavy atom. The largest absolute Gasteiger partial charge is 0.444 e. The van der Waals surface area contributed by atoms with Gasteiger partial charge in [-0.2, -0.15) is 0 Å². The van der Waals surface area contributed by atoms with Crippen LogP contribution in [0.15, 0.2) is 36.4 Å². The number of rotatable bonds is 3. The van der Waals surface area contributed by atoms with Crippen molar-refractivity contribution in [2.24, 2.45) is 5.92 Å². The molecule has 4 heteroatoms. The molecule has 1 fully saturated rings. The summed E-state index contributed by atoms with van der Waals surface area (Å²) in [7, 11) is 0. The highest BCUT2D eigenvalue weighted by Crippen LogP contribution is 2.29. The third-order valence-corrected chi connectivity index (χ3v) is 4.49. The zero-order chi connectivity index (χ0) is 17.2. The molecule has 2 atom stereocenters. The Labute approximate surface area is 143 Å². The van der Waals surface area contributed by atoms with Gasteiger partial charge in [-0.1, -0.05) is 30.7 Å². The van der Waals surface area contributed by atoms with Gasteiger partial charge in [-0.3, -0.25) is 4.98 Å². The highest BCUT2D eigenvalue weighted by Gasteiger charge is 2.30. The average molecular weight is 326 g/mol. The molecule has 0 aliphatic heterocycles. The lowest BCUT2D eigenvalue weighted by atomic mass is 9.97. The summed E-state index contributed by atoms with van der Waals surface area (Å²) in [6.07, 6.45) is 3.85. The van der Waals surface area contributed by atoms with Crippen LogP contribution < -0.4 is 5.32 Å². The van der Waals surface area contributed by atoms with Crippen LogP contribution in [0.1, 0.15) is 45.7 Å². The highest BCUT2D eigenvalue weighted by atomic mass is 16.6. The van der Waals surface area contributed by atoms with E-state index in [0.29, 0.717) is 5.92 Å². The number of aromatic nitrogens is 1. The minimum Gasteiger partial charge on any atom is -0.444 e. The van der Waals surface area contributed by atoms with Crippen molar-refractivity contribution >= 4 is 17.0 Å². The number of amides is 1. The molecular weight excluding hydrogens is 300 g/mol. The fourth-order valence-electron chi connectivity index (χ4n) is 3.42. The van der Waals surface area contributed by atoms with Gasteiger partial charge in [0, 0.05) is 17.1 Å². The Bertz CT molecular complexity index is 721. The molecule has 3 rings (SSSR count). The molecule has 0 spiro atoms. The molecule has 1 aliphatic rings. The smallest absolute Gasteiger partial charge is 0.407 e. The van der Waals surface area contributed by atoms with Crippen LogP contribution >= 0.6 is 0 Å². The summed E-state index contributed by atoms with van der Waals surface area (Å²) >= 11 is 0. The number of nitrogens with one attached hydrogen (secondary N) is 1. The molecule has 0 radical (unpaired) electrons. The summed E-state index contributed by atoms with van der Waals surface area (Å²) in [5.74, 6) is 0.422. The lowest BCUT2D eigenvalue weighted by molar-refractivity contribution is 0.0492. The summed E-state index contributed by atoms with van der Waals surface area (Å²) < 4.78 is 5.39. The van der Waals surface area contributed by atoms with Gasteiger partial charge in [0.2, 0.25) is 0 Å². The number of fused-ring (bicyclic) bond motifs is 1. The number of carbonyl (C=O) groups excluding carboxylic acids is 1. The first-order valence-electron chi connectivity index (χ1n) is 8.75. The number of carbonyl (C=O) groups is 1. The second-order valence-corrected chi connectivity index (χ2v) is 7.64. The first-order chi connectivity index (χ1) is 11.4. The number of hydrogen-bond donors (Lipinski definition) is 1. The van der Waals surface area contributed by atoms with Gasteiger partial charge in [-0.15, -0.1) is 0 Å². The van der Waals surface area contributed by atoms with E-state index in [1.54, 1.807) is 0 Å². The van der Waals surface area contributed by atoms with E-state index < -0.39 is 5.60 Å². The number of hydrogen-bond acceptors (Lipinski definition) is 3. The van der Waals surface area contributed by atoms with Crippen molar-refractivity contribution < 1.29 is 9.53 Å². The third-order valence-electron chi connectivity index (χ3n) is 4.49. The Morgan fingerprint density at radius 1 is 1.21 bits per heavy atom. The highest BCUT2D eigenvalue weighted by molar-refractivity contribution is 5.78. The minimum absolute atomic E-state index is 0.174. The summed E-state index contributed by atoms with van der Waals surface area (Å²) in [5, 5.41) is 4.22. The lowest BCUT2D eigenvalue weighted by Gasteiger charge is -2.24. The Balaban J connectivity index is 1.65. The molecule has 1 amide bonds. The zero-order valence-corrected chi connectivity index (χ0v) is 14.7. The fraction of sp³-hybridized carbons (Fsp3) is 0.500. The molecule has 1 heterocycles. The van der Waals surface area contributed by atoms with E-state index in [1.807, 2.05) is 39.0 Å². The van der Waals surface area contributed by atoms with Gasteiger partial charge in [0.15, 0.2) is 0 Å². The standard InChI is InChI=1S/C20H26N2O2/c1-20(2,3)24-19(23)22-18-10-6-8-15(18)13-16-12-11-14-7-4-5-9-17(14)21-16/h4-5,7,9,11-12,15,18H,6,8,10,13H2,1-3H3,(H,22,23). The molecule has 2 unspecified atom stereocenters. The molecule has 2 aromatic rings. The number of ether oxygens (including phenoxy) is 1. The topological polar surface area (TPSA) is 51.2 Å². The van der Waals surface area contributed by atoms with Gasteiger partial charge in [0.25, 0.3) is 0 Å². The normalized spacial score (nSPS) is 21.0. The van der Waals surface area contributed by atoms with E-state index in [9.17, 15) is 4.79 Å². The predicted octanol–water partition coefficient (Wildman–Crippen LogP) is 4.47. The molecule has 0 saturated heterocycles. The van der Waals surface area contributed by atoms with Crippen LogP contribution in [0.5, 0.6) is 0 Å². The lowest BCUT2D eigenvalue weighted by Crippen LogP contribution is -2.41. The molecule has 24 heavy (non-hydrogen) atoms. The Hall–Kier alpha value is -2.10. The van der Waals surface area contributed by atoms with Gasteiger partial charge in [0.1, 0.15) is 5.60 Å². The number of nitrogens with zero attached hydrogens (tertiary/aromatic N) is 1. The fourth-order valence-corrected chi connectivity index (χ4v) is 3.42. The van der Waals surface area contributed by atoms with Crippen LogP contribution in [0.3, 0.4) is 0 Å². The number of para-hydroxylation sites is 1. The maximum absolute atomic E-state index is 12.0. The van der Waals surface area contributed by atoms with Crippen molar-refractivity contribution in [3.63, 3.8) is 0 Å². The molecule has 1 saturated carbocycles. The number of benzene rings is 1. The van der Waals surface area contributed by atoms with Crippen molar-refractivity contribution in [1.82, 2.24) is 10.3 Å². The number of alkyl carbamates (subject to hydrolysis) is 1.